The molecular formula is C14H22N4O3. The summed E-state index contributed by atoms with van der Waals surface area (Å²) in [5.74, 6) is -0.262. The lowest BCUT2D eigenvalue weighted by Crippen LogP contribution is -2.45. The highest BCUT2D eigenvalue weighted by atomic mass is 16.4. The topological polar surface area (TPSA) is 107 Å². The molecule has 1 fully saturated rings. The first kappa shape index (κ1) is 15.3. The summed E-state index contributed by atoms with van der Waals surface area (Å²) in [6.07, 6.45) is 6.79. The smallest absolute Gasteiger partial charge is 0.315 e. The van der Waals surface area contributed by atoms with Crippen molar-refractivity contribution in [2.75, 3.05) is 0 Å². The Morgan fingerprint density at radius 1 is 1.43 bits per heavy atom. The molecule has 1 aliphatic rings. The number of aromatic nitrogens is 2. The monoisotopic (exact) mass is 294 g/mol. The van der Waals surface area contributed by atoms with Crippen LogP contribution in [-0.4, -0.2) is 33.1 Å². The molecule has 21 heavy (non-hydrogen) atoms. The third-order valence-electron chi connectivity index (χ3n) is 3.97. The first-order valence-corrected chi connectivity index (χ1v) is 7.39. The van der Waals surface area contributed by atoms with Gasteiger partial charge in [0.15, 0.2) is 0 Å². The maximum absolute atomic E-state index is 12.0. The standard InChI is InChI=1S/C14H22N4O3/c1-2-11(12-15-7-8-16-12)18-14(21)17-10-5-3-9(4-6-10)13(19)20/h7-11H,2-6H2,1H3,(H,15,16)(H,19,20)(H2,17,18,21). The zero-order chi connectivity index (χ0) is 15.2. The fraction of sp³-hybridized carbons (Fsp3) is 0.643. The average molecular weight is 294 g/mol. The number of carboxylic acids is 1. The van der Waals surface area contributed by atoms with Crippen molar-refractivity contribution in [2.24, 2.45) is 5.92 Å². The van der Waals surface area contributed by atoms with Crippen molar-refractivity contribution in [1.82, 2.24) is 20.6 Å². The molecule has 116 valence electrons. The van der Waals surface area contributed by atoms with E-state index in [0.29, 0.717) is 25.7 Å². The number of urea groups is 1. The van der Waals surface area contributed by atoms with Crippen LogP contribution < -0.4 is 10.6 Å². The second-order valence-corrected chi connectivity index (χ2v) is 5.44. The lowest BCUT2D eigenvalue weighted by molar-refractivity contribution is -0.142. The van der Waals surface area contributed by atoms with Crippen LogP contribution in [0.5, 0.6) is 0 Å². The van der Waals surface area contributed by atoms with Gasteiger partial charge in [-0.2, -0.15) is 0 Å². The van der Waals surface area contributed by atoms with Crippen molar-refractivity contribution in [2.45, 2.75) is 51.1 Å². The normalized spacial score (nSPS) is 23.3. The molecule has 7 heteroatoms. The van der Waals surface area contributed by atoms with Crippen LogP contribution in [0.4, 0.5) is 4.79 Å². The van der Waals surface area contributed by atoms with Gasteiger partial charge in [0, 0.05) is 18.4 Å². The summed E-state index contributed by atoms with van der Waals surface area (Å²) in [7, 11) is 0. The Bertz CT molecular complexity index is 467. The number of hydrogen-bond donors (Lipinski definition) is 4. The molecule has 0 radical (unpaired) electrons. The minimum atomic E-state index is -0.734. The molecule has 1 atom stereocenters. The van der Waals surface area contributed by atoms with Gasteiger partial charge < -0.3 is 20.7 Å². The first-order chi connectivity index (χ1) is 10.1. The van der Waals surface area contributed by atoms with Gasteiger partial charge in [-0.3, -0.25) is 4.79 Å². The highest BCUT2D eigenvalue weighted by Gasteiger charge is 2.27. The molecule has 1 heterocycles. The Morgan fingerprint density at radius 2 is 2.14 bits per heavy atom. The minimum absolute atomic E-state index is 0.0507. The average Bonchev–Trinajstić information content (AvgIpc) is 2.99. The van der Waals surface area contributed by atoms with E-state index in [-0.39, 0.29) is 24.0 Å². The first-order valence-electron chi connectivity index (χ1n) is 7.39. The SMILES string of the molecule is CCC(NC(=O)NC1CCC(C(=O)O)CC1)c1ncc[nH]1. The van der Waals surface area contributed by atoms with Gasteiger partial charge >= 0.3 is 12.0 Å². The zero-order valence-electron chi connectivity index (χ0n) is 12.1. The van der Waals surface area contributed by atoms with Crippen molar-refractivity contribution >= 4 is 12.0 Å². The number of aromatic amines is 1. The molecular weight excluding hydrogens is 272 g/mol. The summed E-state index contributed by atoms with van der Waals surface area (Å²) >= 11 is 0. The van der Waals surface area contributed by atoms with Crippen molar-refractivity contribution in [1.29, 1.82) is 0 Å². The van der Waals surface area contributed by atoms with Gasteiger partial charge in [-0.1, -0.05) is 6.92 Å². The van der Waals surface area contributed by atoms with Gasteiger partial charge in [0.25, 0.3) is 0 Å². The van der Waals surface area contributed by atoms with E-state index in [1.54, 1.807) is 12.4 Å². The van der Waals surface area contributed by atoms with E-state index in [4.69, 9.17) is 5.11 Å². The Labute approximate surface area is 123 Å². The number of H-pyrrole nitrogens is 1. The van der Waals surface area contributed by atoms with Gasteiger partial charge in [-0.15, -0.1) is 0 Å². The number of amides is 2. The predicted octanol–water partition coefficient (Wildman–Crippen LogP) is 1.80. The zero-order valence-corrected chi connectivity index (χ0v) is 12.1. The van der Waals surface area contributed by atoms with Gasteiger partial charge in [-0.05, 0) is 32.1 Å². The summed E-state index contributed by atoms with van der Waals surface area (Å²) in [6, 6.07) is -0.318. The van der Waals surface area contributed by atoms with E-state index in [1.165, 1.54) is 0 Å². The van der Waals surface area contributed by atoms with Crippen molar-refractivity contribution in [3.63, 3.8) is 0 Å². The molecule has 1 aromatic rings. The molecule has 2 amide bonds. The lowest BCUT2D eigenvalue weighted by atomic mass is 9.86. The maximum Gasteiger partial charge on any atom is 0.315 e. The second kappa shape index (κ2) is 7.10. The van der Waals surface area contributed by atoms with E-state index < -0.39 is 5.97 Å². The van der Waals surface area contributed by atoms with Crippen LogP contribution in [0.3, 0.4) is 0 Å². The van der Waals surface area contributed by atoms with Crippen LogP contribution in [0.15, 0.2) is 12.4 Å². The summed E-state index contributed by atoms with van der Waals surface area (Å²) in [5, 5.41) is 14.8. The van der Waals surface area contributed by atoms with Crippen LogP contribution in [0.1, 0.15) is 50.9 Å². The molecule has 0 aromatic carbocycles. The lowest BCUT2D eigenvalue weighted by Gasteiger charge is -2.27. The molecule has 0 bridgehead atoms. The molecule has 2 rings (SSSR count). The van der Waals surface area contributed by atoms with Crippen molar-refractivity contribution < 1.29 is 14.7 Å². The minimum Gasteiger partial charge on any atom is -0.481 e. The molecule has 4 N–H and O–H groups in total. The third kappa shape index (κ3) is 4.21. The Balaban J connectivity index is 1.78. The maximum atomic E-state index is 12.0. The molecule has 1 aliphatic carbocycles. The van der Waals surface area contributed by atoms with E-state index in [1.807, 2.05) is 6.92 Å². The van der Waals surface area contributed by atoms with Crippen LogP contribution in [0.2, 0.25) is 0 Å². The summed E-state index contributed by atoms with van der Waals surface area (Å²) in [5.41, 5.74) is 0. The van der Waals surface area contributed by atoms with E-state index >= 15 is 0 Å². The Morgan fingerprint density at radius 3 is 2.67 bits per heavy atom. The highest BCUT2D eigenvalue weighted by Crippen LogP contribution is 2.24. The molecule has 1 aromatic heterocycles. The van der Waals surface area contributed by atoms with Crippen LogP contribution in [0.25, 0.3) is 0 Å². The fourth-order valence-electron chi connectivity index (χ4n) is 2.70. The van der Waals surface area contributed by atoms with Crippen molar-refractivity contribution in [3.8, 4) is 0 Å². The molecule has 0 spiro atoms. The van der Waals surface area contributed by atoms with Gasteiger partial charge in [0.05, 0.1) is 12.0 Å². The number of hydrogen-bond acceptors (Lipinski definition) is 3. The highest BCUT2D eigenvalue weighted by molar-refractivity contribution is 5.75. The Kier molecular flexibility index (Phi) is 5.19. The number of nitrogens with one attached hydrogen (secondary N) is 3. The summed E-state index contributed by atoms with van der Waals surface area (Å²) in [6.45, 7) is 1.98. The second-order valence-electron chi connectivity index (χ2n) is 5.44. The molecule has 7 nitrogen and oxygen atoms in total. The largest absolute Gasteiger partial charge is 0.481 e. The third-order valence-corrected chi connectivity index (χ3v) is 3.97. The summed E-state index contributed by atoms with van der Waals surface area (Å²) < 4.78 is 0. The predicted molar refractivity (Wildman–Crippen MR) is 76.7 cm³/mol. The van der Waals surface area contributed by atoms with E-state index in [0.717, 1.165) is 12.2 Å². The number of carbonyl (C=O) groups excluding carboxylic acids is 1. The van der Waals surface area contributed by atoms with Crippen LogP contribution in [-0.2, 0) is 4.79 Å². The van der Waals surface area contributed by atoms with Gasteiger partial charge in [-0.25, -0.2) is 9.78 Å². The number of nitrogens with zero attached hydrogens (tertiary/aromatic N) is 1. The fourth-order valence-corrected chi connectivity index (χ4v) is 2.70. The number of imidazole rings is 1. The Hall–Kier alpha value is -2.05. The quantitative estimate of drug-likeness (QED) is 0.664. The number of rotatable bonds is 5. The molecule has 0 aliphatic heterocycles. The van der Waals surface area contributed by atoms with Crippen LogP contribution in [0, 0.1) is 5.92 Å². The van der Waals surface area contributed by atoms with Crippen LogP contribution >= 0.6 is 0 Å². The number of carbonyl (C=O) groups is 2. The van der Waals surface area contributed by atoms with Gasteiger partial charge in [0.1, 0.15) is 5.82 Å². The number of carboxylic acid groups (broad SMARTS) is 1. The van der Waals surface area contributed by atoms with E-state index in [2.05, 4.69) is 20.6 Å². The van der Waals surface area contributed by atoms with Crippen molar-refractivity contribution in [3.05, 3.63) is 18.2 Å². The molecule has 0 saturated heterocycles. The molecule has 1 unspecified atom stereocenters. The van der Waals surface area contributed by atoms with Gasteiger partial charge in [0.2, 0.25) is 0 Å². The van der Waals surface area contributed by atoms with E-state index in [9.17, 15) is 9.59 Å². The molecule has 1 saturated carbocycles. The number of aliphatic carboxylic acids is 1. The summed E-state index contributed by atoms with van der Waals surface area (Å²) in [4.78, 5) is 30.0.